The monoisotopic (exact) mass is 427 g/mol. The van der Waals surface area contributed by atoms with Gasteiger partial charge >= 0.3 is 0 Å². The lowest BCUT2D eigenvalue weighted by Crippen LogP contribution is -1.95. The molecule has 2 heterocycles. The summed E-state index contributed by atoms with van der Waals surface area (Å²) in [5.74, 6) is 0. The minimum absolute atomic E-state index is 1.21. The lowest BCUT2D eigenvalue weighted by atomic mass is 9.95. The maximum atomic E-state index is 3.19. The van der Waals surface area contributed by atoms with Crippen molar-refractivity contribution in [2.75, 3.05) is 0 Å². The van der Waals surface area contributed by atoms with Crippen molar-refractivity contribution in [3.63, 3.8) is 0 Å². The summed E-state index contributed by atoms with van der Waals surface area (Å²) in [6, 6.07) is 28.2. The average molecular weight is 428 g/mol. The minimum Gasteiger partial charge on any atom is -0.300 e. The Bertz CT molecular complexity index is 1550. The molecule has 0 bridgehead atoms. The van der Waals surface area contributed by atoms with Crippen LogP contribution in [0.1, 0.15) is 10.4 Å². The van der Waals surface area contributed by atoms with Crippen molar-refractivity contribution in [3.8, 4) is 16.1 Å². The van der Waals surface area contributed by atoms with E-state index in [9.17, 15) is 0 Å². The molecule has 0 atom stereocenters. The fourth-order valence-electron chi connectivity index (χ4n) is 4.67. The Morgan fingerprint density at radius 3 is 2.09 bits per heavy atom. The van der Waals surface area contributed by atoms with Crippen LogP contribution in [0.15, 0.2) is 115 Å². The summed E-state index contributed by atoms with van der Waals surface area (Å²) in [6.07, 6.45) is 10.4. The average Bonchev–Trinajstić information content (AvgIpc) is 3.20. The highest BCUT2D eigenvalue weighted by atomic mass is 32.1. The topological polar surface area (TPSA) is 4.93 Å². The van der Waals surface area contributed by atoms with Gasteiger partial charge in [-0.1, -0.05) is 78.9 Å². The van der Waals surface area contributed by atoms with Crippen molar-refractivity contribution in [3.05, 3.63) is 125 Å². The van der Waals surface area contributed by atoms with Gasteiger partial charge in [-0.25, -0.2) is 0 Å². The molecule has 32 heavy (non-hydrogen) atoms. The van der Waals surface area contributed by atoms with Gasteiger partial charge < -0.3 is 4.57 Å². The molecule has 2 heteroatoms. The summed E-state index contributed by atoms with van der Waals surface area (Å²) < 4.78 is 2.45. The van der Waals surface area contributed by atoms with Crippen LogP contribution < -0.4 is 0 Å². The minimum atomic E-state index is 1.21. The SMILES string of the molecule is Cc1sc(-n2c3ccccc3c3ccccc32)c(-c2ccccc2)c1C1=CC=C=CC=C1. The van der Waals surface area contributed by atoms with E-state index in [4.69, 9.17) is 0 Å². The highest BCUT2D eigenvalue weighted by Gasteiger charge is 2.23. The van der Waals surface area contributed by atoms with E-state index in [1.165, 1.54) is 53.9 Å². The lowest BCUT2D eigenvalue weighted by Gasteiger charge is -2.12. The molecule has 6 rings (SSSR count). The molecule has 1 nitrogen and oxygen atoms in total. The van der Waals surface area contributed by atoms with Crippen LogP contribution in [0, 0.1) is 6.92 Å². The summed E-state index contributed by atoms with van der Waals surface area (Å²) in [7, 11) is 0. The van der Waals surface area contributed by atoms with E-state index in [-0.39, 0.29) is 0 Å². The van der Waals surface area contributed by atoms with Crippen LogP contribution in [-0.4, -0.2) is 4.57 Å². The second-order valence-corrected chi connectivity index (χ2v) is 9.13. The second-order valence-electron chi connectivity index (χ2n) is 7.93. The third-order valence-electron chi connectivity index (χ3n) is 6.03. The van der Waals surface area contributed by atoms with E-state index >= 15 is 0 Å². The predicted molar refractivity (Wildman–Crippen MR) is 139 cm³/mol. The first kappa shape index (κ1) is 18.9. The number of aryl methyl sites for hydroxylation is 1. The van der Waals surface area contributed by atoms with Crippen molar-refractivity contribution < 1.29 is 0 Å². The number of aromatic nitrogens is 1. The fraction of sp³-hybridized carbons (Fsp3) is 0.0333. The van der Waals surface area contributed by atoms with E-state index in [1.807, 2.05) is 23.5 Å². The summed E-state index contributed by atoms with van der Waals surface area (Å²) in [4.78, 5) is 1.31. The highest BCUT2D eigenvalue weighted by Crippen LogP contribution is 2.46. The predicted octanol–water partition coefficient (Wildman–Crippen LogP) is 8.49. The van der Waals surface area contributed by atoms with Crippen LogP contribution in [0.3, 0.4) is 0 Å². The molecule has 0 radical (unpaired) electrons. The Labute approximate surface area is 191 Å². The molecule has 0 unspecified atom stereocenters. The van der Waals surface area contributed by atoms with Gasteiger partial charge in [-0.3, -0.25) is 0 Å². The number of para-hydroxylation sites is 2. The summed E-state index contributed by atoms with van der Waals surface area (Å²) in [5, 5.41) is 3.84. The van der Waals surface area contributed by atoms with Gasteiger partial charge in [0.1, 0.15) is 5.00 Å². The molecule has 0 aliphatic heterocycles. The zero-order valence-corrected chi connectivity index (χ0v) is 18.6. The number of nitrogens with zero attached hydrogens (tertiary/aromatic N) is 1. The lowest BCUT2D eigenvalue weighted by molar-refractivity contribution is 1.22. The molecule has 0 N–H and O–H groups in total. The van der Waals surface area contributed by atoms with Gasteiger partial charge in [0.25, 0.3) is 0 Å². The molecule has 152 valence electrons. The smallest absolute Gasteiger partial charge is 0.109 e. The molecule has 3 aromatic carbocycles. The molecule has 0 fully saturated rings. The first-order chi connectivity index (χ1) is 15.8. The Hall–Kier alpha value is -3.84. The molecule has 0 saturated heterocycles. The van der Waals surface area contributed by atoms with E-state index in [0.29, 0.717) is 0 Å². The Morgan fingerprint density at radius 2 is 1.38 bits per heavy atom. The third kappa shape index (κ3) is 2.93. The van der Waals surface area contributed by atoms with Crippen LogP contribution in [0.4, 0.5) is 0 Å². The molecule has 2 aromatic heterocycles. The zero-order chi connectivity index (χ0) is 21.5. The van der Waals surface area contributed by atoms with Crippen LogP contribution in [0.2, 0.25) is 0 Å². The largest absolute Gasteiger partial charge is 0.300 e. The van der Waals surface area contributed by atoms with Crippen LogP contribution >= 0.6 is 11.3 Å². The Morgan fingerprint density at radius 1 is 0.719 bits per heavy atom. The first-order valence-electron chi connectivity index (χ1n) is 10.8. The summed E-state index contributed by atoms with van der Waals surface area (Å²) in [6.45, 7) is 2.24. The van der Waals surface area contributed by atoms with E-state index in [0.717, 1.165) is 0 Å². The van der Waals surface area contributed by atoms with Gasteiger partial charge in [0.2, 0.25) is 0 Å². The normalized spacial score (nSPS) is 13.1. The molecule has 1 aliphatic rings. The van der Waals surface area contributed by atoms with Gasteiger partial charge in [0.05, 0.1) is 11.0 Å². The quantitative estimate of drug-likeness (QED) is 0.254. The molecular weight excluding hydrogens is 406 g/mol. The van der Waals surface area contributed by atoms with E-state index < -0.39 is 0 Å². The number of benzene rings is 3. The number of thiophene rings is 1. The van der Waals surface area contributed by atoms with Crippen molar-refractivity contribution in [2.24, 2.45) is 0 Å². The van der Waals surface area contributed by atoms with Gasteiger partial charge in [-0.2, -0.15) is 0 Å². The Kier molecular flexibility index (Phi) is 4.54. The fourth-order valence-corrected chi connectivity index (χ4v) is 5.89. The van der Waals surface area contributed by atoms with Crippen LogP contribution in [0.5, 0.6) is 0 Å². The van der Waals surface area contributed by atoms with Crippen molar-refractivity contribution in [1.82, 2.24) is 4.57 Å². The molecule has 0 spiro atoms. The number of hydrogen-bond donors (Lipinski definition) is 0. The molecular formula is C30H21NS. The number of fused-ring (bicyclic) bond motifs is 3. The zero-order valence-electron chi connectivity index (χ0n) is 17.7. The summed E-state index contributed by atoms with van der Waals surface area (Å²) >= 11 is 1.87. The van der Waals surface area contributed by atoms with Crippen LogP contribution in [0.25, 0.3) is 43.5 Å². The van der Waals surface area contributed by atoms with Gasteiger partial charge in [-0.15, -0.1) is 17.1 Å². The maximum Gasteiger partial charge on any atom is 0.109 e. The number of rotatable bonds is 3. The maximum absolute atomic E-state index is 3.19. The van der Waals surface area contributed by atoms with E-state index in [2.05, 4.69) is 114 Å². The summed E-state index contributed by atoms with van der Waals surface area (Å²) in [5.41, 5.74) is 10.7. The first-order valence-corrected chi connectivity index (χ1v) is 11.6. The third-order valence-corrected chi connectivity index (χ3v) is 7.12. The molecule has 0 saturated carbocycles. The van der Waals surface area contributed by atoms with E-state index in [1.54, 1.807) is 0 Å². The molecule has 5 aromatic rings. The van der Waals surface area contributed by atoms with Crippen molar-refractivity contribution in [2.45, 2.75) is 6.92 Å². The standard InChI is InChI=1S/C30H21NS/c1-21-28(22-13-5-2-3-6-14-22)29(23-15-7-4-8-16-23)30(32-21)31-26-19-11-9-17-24(26)25-18-10-12-20-27(25)31/h2,4-20H,1H3. The van der Waals surface area contributed by atoms with Crippen LogP contribution in [-0.2, 0) is 0 Å². The van der Waals surface area contributed by atoms with Crippen molar-refractivity contribution in [1.29, 1.82) is 0 Å². The van der Waals surface area contributed by atoms with Crippen molar-refractivity contribution >= 4 is 38.7 Å². The Balaban J connectivity index is 1.75. The molecule has 0 amide bonds. The molecule has 1 aliphatic carbocycles. The number of hydrogen-bond acceptors (Lipinski definition) is 1. The second kappa shape index (κ2) is 7.69. The van der Waals surface area contributed by atoms with Gasteiger partial charge in [0.15, 0.2) is 0 Å². The number of allylic oxidation sites excluding steroid dienone is 5. The van der Waals surface area contributed by atoms with Gasteiger partial charge in [0, 0.05) is 26.8 Å². The highest BCUT2D eigenvalue weighted by molar-refractivity contribution is 7.15. The van der Waals surface area contributed by atoms with Gasteiger partial charge in [-0.05, 0) is 48.4 Å².